The topological polar surface area (TPSA) is 17.1 Å². The van der Waals surface area contributed by atoms with Gasteiger partial charge in [0, 0.05) is 17.6 Å². The number of Topliss-reactive ketones (excluding diaryl/α,β-unsaturated/α-hetero) is 1. The Morgan fingerprint density at radius 1 is 0.792 bits per heavy atom. The molecule has 0 spiro atoms. The van der Waals surface area contributed by atoms with Crippen LogP contribution in [0.25, 0.3) is 6.08 Å². The molecule has 3 aromatic carbocycles. The van der Waals surface area contributed by atoms with Gasteiger partial charge in [-0.15, -0.1) is 0 Å². The Morgan fingerprint density at radius 3 is 2.00 bits per heavy atom. The predicted octanol–water partition coefficient (Wildman–Crippen LogP) is 5.33. The van der Waals surface area contributed by atoms with Crippen molar-refractivity contribution in [3.05, 3.63) is 113 Å². The lowest BCUT2D eigenvalue weighted by Gasteiger charge is -2.08. The van der Waals surface area contributed by atoms with Gasteiger partial charge in [0.05, 0.1) is 0 Å². The van der Waals surface area contributed by atoms with E-state index in [-0.39, 0.29) is 11.6 Å². The van der Waals surface area contributed by atoms with Gasteiger partial charge in [-0.25, -0.2) is 4.39 Å². The van der Waals surface area contributed by atoms with Gasteiger partial charge in [0.25, 0.3) is 0 Å². The average molecular weight is 316 g/mol. The summed E-state index contributed by atoms with van der Waals surface area (Å²) in [5, 5.41) is 0. The van der Waals surface area contributed by atoms with Crippen molar-refractivity contribution in [2.24, 2.45) is 0 Å². The van der Waals surface area contributed by atoms with Crippen molar-refractivity contribution in [1.29, 1.82) is 0 Å². The number of hydrogen-bond acceptors (Lipinski definition) is 1. The molecule has 0 aliphatic carbocycles. The Labute approximate surface area is 141 Å². The molecule has 0 saturated carbocycles. The molecule has 1 nitrogen and oxygen atoms in total. The zero-order valence-corrected chi connectivity index (χ0v) is 13.2. The lowest BCUT2D eigenvalue weighted by molar-refractivity contribution is 0.103. The molecule has 0 amide bonds. The number of rotatable bonds is 5. The summed E-state index contributed by atoms with van der Waals surface area (Å²) in [4.78, 5) is 12.9. The first-order valence-electron chi connectivity index (χ1n) is 7.82. The number of halogens is 1. The second-order valence-corrected chi connectivity index (χ2v) is 5.58. The van der Waals surface area contributed by atoms with Gasteiger partial charge in [-0.3, -0.25) is 4.79 Å². The maximum atomic E-state index is 13.1. The molecule has 24 heavy (non-hydrogen) atoms. The minimum atomic E-state index is -0.286. The van der Waals surface area contributed by atoms with Crippen molar-refractivity contribution < 1.29 is 9.18 Å². The highest BCUT2D eigenvalue weighted by Crippen LogP contribution is 2.18. The molecule has 0 heterocycles. The number of ketones is 1. The first-order chi connectivity index (χ1) is 11.7. The fourth-order valence-corrected chi connectivity index (χ4v) is 2.55. The van der Waals surface area contributed by atoms with Gasteiger partial charge in [-0.05, 0) is 29.3 Å². The summed E-state index contributed by atoms with van der Waals surface area (Å²) in [6.45, 7) is 0. The lowest BCUT2D eigenvalue weighted by atomic mass is 9.95. The smallest absolute Gasteiger partial charge is 0.189 e. The fourth-order valence-electron chi connectivity index (χ4n) is 2.55. The van der Waals surface area contributed by atoms with E-state index in [9.17, 15) is 9.18 Å². The molecule has 3 aromatic rings. The van der Waals surface area contributed by atoms with Gasteiger partial charge < -0.3 is 0 Å². The number of benzene rings is 3. The number of carbonyl (C=O) groups is 1. The van der Waals surface area contributed by atoms with Crippen LogP contribution in [-0.2, 0) is 6.42 Å². The van der Waals surface area contributed by atoms with Crippen molar-refractivity contribution in [1.82, 2.24) is 0 Å². The van der Waals surface area contributed by atoms with Gasteiger partial charge in [-0.2, -0.15) is 0 Å². The van der Waals surface area contributed by atoms with E-state index in [1.54, 1.807) is 12.1 Å². The summed E-state index contributed by atoms with van der Waals surface area (Å²) >= 11 is 0. The SMILES string of the molecule is O=C(C(=Cc1ccc(F)cc1)Cc1ccccc1)c1ccccc1. The zero-order valence-electron chi connectivity index (χ0n) is 13.2. The molecule has 0 radical (unpaired) electrons. The summed E-state index contributed by atoms with van der Waals surface area (Å²) < 4.78 is 13.1. The molecule has 3 rings (SSSR count). The molecular formula is C22H17FO. The van der Waals surface area contributed by atoms with Crippen molar-refractivity contribution in [2.75, 3.05) is 0 Å². The van der Waals surface area contributed by atoms with Crippen molar-refractivity contribution in [3.63, 3.8) is 0 Å². The highest BCUT2D eigenvalue weighted by atomic mass is 19.1. The quantitative estimate of drug-likeness (QED) is 0.459. The van der Waals surface area contributed by atoms with Crippen LogP contribution in [0, 0.1) is 5.82 Å². The minimum absolute atomic E-state index is 0.0104. The highest BCUT2D eigenvalue weighted by molar-refractivity contribution is 6.11. The molecule has 0 fully saturated rings. The first-order valence-corrected chi connectivity index (χ1v) is 7.82. The van der Waals surface area contributed by atoms with Crippen molar-refractivity contribution in [2.45, 2.75) is 6.42 Å². The van der Waals surface area contributed by atoms with E-state index in [0.29, 0.717) is 17.6 Å². The van der Waals surface area contributed by atoms with Gasteiger partial charge in [-0.1, -0.05) is 72.8 Å². The Hall–Kier alpha value is -3.00. The molecule has 0 bridgehead atoms. The standard InChI is InChI=1S/C22H17FO/c23-21-13-11-18(12-14-21)16-20(15-17-7-3-1-4-8-17)22(24)19-9-5-2-6-10-19/h1-14,16H,15H2. The number of carbonyl (C=O) groups excluding carboxylic acids is 1. The maximum absolute atomic E-state index is 13.1. The van der Waals surface area contributed by atoms with Gasteiger partial charge in [0.15, 0.2) is 5.78 Å². The van der Waals surface area contributed by atoms with E-state index in [2.05, 4.69) is 0 Å². The fraction of sp³-hybridized carbons (Fsp3) is 0.0455. The Balaban J connectivity index is 1.97. The third-order valence-corrected chi connectivity index (χ3v) is 3.78. The van der Waals surface area contributed by atoms with Crippen LogP contribution >= 0.6 is 0 Å². The molecular weight excluding hydrogens is 299 g/mol. The number of hydrogen-bond donors (Lipinski definition) is 0. The van der Waals surface area contributed by atoms with Gasteiger partial charge >= 0.3 is 0 Å². The summed E-state index contributed by atoms with van der Waals surface area (Å²) in [6, 6.07) is 25.2. The van der Waals surface area contributed by atoms with Crippen LogP contribution in [-0.4, -0.2) is 5.78 Å². The number of allylic oxidation sites excluding steroid dienone is 1. The van der Waals surface area contributed by atoms with Crippen LogP contribution in [0.5, 0.6) is 0 Å². The van der Waals surface area contributed by atoms with E-state index in [0.717, 1.165) is 11.1 Å². The van der Waals surface area contributed by atoms with E-state index < -0.39 is 0 Å². The molecule has 0 aliphatic rings. The monoisotopic (exact) mass is 316 g/mol. The molecule has 0 aliphatic heterocycles. The van der Waals surface area contributed by atoms with E-state index in [1.807, 2.05) is 66.7 Å². The summed E-state index contributed by atoms with van der Waals surface area (Å²) in [7, 11) is 0. The summed E-state index contributed by atoms with van der Waals surface area (Å²) in [5.41, 5.74) is 3.21. The summed E-state index contributed by atoms with van der Waals surface area (Å²) in [5.74, 6) is -0.296. The molecule has 2 heteroatoms. The molecule has 118 valence electrons. The van der Waals surface area contributed by atoms with Crippen LogP contribution < -0.4 is 0 Å². The Kier molecular flexibility index (Phi) is 4.97. The van der Waals surface area contributed by atoms with Crippen LogP contribution in [0.1, 0.15) is 21.5 Å². The third-order valence-electron chi connectivity index (χ3n) is 3.78. The van der Waals surface area contributed by atoms with Gasteiger partial charge in [0.2, 0.25) is 0 Å². The largest absolute Gasteiger partial charge is 0.289 e. The maximum Gasteiger partial charge on any atom is 0.189 e. The Morgan fingerprint density at radius 2 is 1.38 bits per heavy atom. The highest BCUT2D eigenvalue weighted by Gasteiger charge is 2.13. The summed E-state index contributed by atoms with van der Waals surface area (Å²) in [6.07, 6.45) is 2.37. The van der Waals surface area contributed by atoms with Crippen LogP contribution in [0.4, 0.5) is 4.39 Å². The lowest BCUT2D eigenvalue weighted by Crippen LogP contribution is -2.06. The molecule has 0 aromatic heterocycles. The van der Waals surface area contributed by atoms with Crippen LogP contribution in [0.15, 0.2) is 90.5 Å². The third kappa shape index (κ3) is 4.05. The van der Waals surface area contributed by atoms with E-state index >= 15 is 0 Å². The van der Waals surface area contributed by atoms with Gasteiger partial charge in [0.1, 0.15) is 5.82 Å². The van der Waals surface area contributed by atoms with E-state index in [4.69, 9.17) is 0 Å². The van der Waals surface area contributed by atoms with Crippen molar-refractivity contribution in [3.8, 4) is 0 Å². The molecule has 0 unspecified atom stereocenters. The Bertz CT molecular complexity index is 834. The normalized spacial score (nSPS) is 11.3. The molecule has 0 saturated heterocycles. The van der Waals surface area contributed by atoms with Crippen molar-refractivity contribution >= 4 is 11.9 Å². The van der Waals surface area contributed by atoms with E-state index in [1.165, 1.54) is 12.1 Å². The zero-order chi connectivity index (χ0) is 16.8. The second kappa shape index (κ2) is 7.51. The van der Waals surface area contributed by atoms with Crippen LogP contribution in [0.2, 0.25) is 0 Å². The molecule has 0 atom stereocenters. The minimum Gasteiger partial charge on any atom is -0.289 e. The molecule has 0 N–H and O–H groups in total. The van der Waals surface area contributed by atoms with Crippen LogP contribution in [0.3, 0.4) is 0 Å². The first kappa shape index (κ1) is 15.9. The second-order valence-electron chi connectivity index (χ2n) is 5.58. The predicted molar refractivity (Wildman–Crippen MR) is 95.3 cm³/mol. The average Bonchev–Trinajstić information content (AvgIpc) is 2.64.